The van der Waals surface area contributed by atoms with Crippen LogP contribution in [0.1, 0.15) is 15.3 Å². The second-order valence-electron chi connectivity index (χ2n) is 3.40. The van der Waals surface area contributed by atoms with Crippen LogP contribution in [-0.2, 0) is 6.42 Å². The highest BCUT2D eigenvalue weighted by Crippen LogP contribution is 2.31. The quantitative estimate of drug-likeness (QED) is 0.721. The van der Waals surface area contributed by atoms with Gasteiger partial charge in [-0.2, -0.15) is 0 Å². The van der Waals surface area contributed by atoms with Crippen LogP contribution < -0.4 is 0 Å². The average molecular weight is 303 g/mol. The SMILES string of the molecule is Fc1cccc(CC(Br)c2cccs2)c1F. The Balaban J connectivity index is 2.18. The minimum Gasteiger partial charge on any atom is -0.204 e. The summed E-state index contributed by atoms with van der Waals surface area (Å²) >= 11 is 5.08. The summed E-state index contributed by atoms with van der Waals surface area (Å²) in [5, 5.41) is 1.96. The van der Waals surface area contributed by atoms with Gasteiger partial charge in [0.1, 0.15) is 0 Å². The highest BCUT2D eigenvalue weighted by Gasteiger charge is 2.14. The van der Waals surface area contributed by atoms with Crippen LogP contribution >= 0.6 is 27.3 Å². The Kier molecular flexibility index (Phi) is 3.71. The fraction of sp³-hybridized carbons (Fsp3) is 0.167. The largest absolute Gasteiger partial charge is 0.204 e. The topological polar surface area (TPSA) is 0 Å². The van der Waals surface area contributed by atoms with E-state index in [9.17, 15) is 8.78 Å². The van der Waals surface area contributed by atoms with Crippen LogP contribution in [0.4, 0.5) is 8.78 Å². The molecule has 1 aromatic heterocycles. The Hall–Kier alpha value is -0.740. The van der Waals surface area contributed by atoms with E-state index in [4.69, 9.17) is 0 Å². The van der Waals surface area contributed by atoms with E-state index in [1.54, 1.807) is 17.4 Å². The van der Waals surface area contributed by atoms with Gasteiger partial charge >= 0.3 is 0 Å². The molecule has 2 rings (SSSR count). The smallest absolute Gasteiger partial charge is 0.162 e. The van der Waals surface area contributed by atoms with Crippen LogP contribution in [0.25, 0.3) is 0 Å². The van der Waals surface area contributed by atoms with Crippen molar-refractivity contribution in [1.29, 1.82) is 0 Å². The molecule has 0 N–H and O–H groups in total. The zero-order valence-corrected chi connectivity index (χ0v) is 10.7. The fourth-order valence-electron chi connectivity index (χ4n) is 1.47. The molecule has 84 valence electrons. The molecule has 16 heavy (non-hydrogen) atoms. The van der Waals surface area contributed by atoms with Gasteiger partial charge in [-0.05, 0) is 29.5 Å². The van der Waals surface area contributed by atoms with Gasteiger partial charge in [-0.15, -0.1) is 11.3 Å². The number of thiophene rings is 1. The maximum Gasteiger partial charge on any atom is 0.162 e. The molecule has 0 bridgehead atoms. The first-order valence-corrected chi connectivity index (χ1v) is 6.58. The number of rotatable bonds is 3. The second kappa shape index (κ2) is 5.06. The van der Waals surface area contributed by atoms with Crippen molar-refractivity contribution in [2.24, 2.45) is 0 Å². The summed E-state index contributed by atoms with van der Waals surface area (Å²) in [5.41, 5.74) is 0.398. The van der Waals surface area contributed by atoms with Crippen LogP contribution in [0, 0.1) is 11.6 Å². The predicted octanol–water partition coefficient (Wildman–Crippen LogP) is 4.71. The third-order valence-electron chi connectivity index (χ3n) is 2.28. The third kappa shape index (κ3) is 2.50. The first-order chi connectivity index (χ1) is 7.68. The summed E-state index contributed by atoms with van der Waals surface area (Å²) in [6, 6.07) is 8.19. The Labute approximate surface area is 105 Å². The standard InChI is InChI=1S/C12H9BrF2S/c13-9(11-5-2-6-16-11)7-8-3-1-4-10(14)12(8)15/h1-6,9H,7H2. The van der Waals surface area contributed by atoms with Gasteiger partial charge in [-0.1, -0.05) is 34.1 Å². The molecular formula is C12H9BrF2S. The lowest BCUT2D eigenvalue weighted by atomic mass is 10.1. The molecule has 0 nitrogen and oxygen atoms in total. The molecule has 4 heteroatoms. The van der Waals surface area contributed by atoms with Gasteiger partial charge in [0.2, 0.25) is 0 Å². The van der Waals surface area contributed by atoms with Crippen molar-refractivity contribution >= 4 is 27.3 Å². The lowest BCUT2D eigenvalue weighted by molar-refractivity contribution is 0.498. The van der Waals surface area contributed by atoms with Crippen molar-refractivity contribution in [1.82, 2.24) is 0 Å². The highest BCUT2D eigenvalue weighted by atomic mass is 79.9. The Morgan fingerprint density at radius 1 is 1.19 bits per heavy atom. The van der Waals surface area contributed by atoms with Gasteiger partial charge in [0.25, 0.3) is 0 Å². The van der Waals surface area contributed by atoms with Crippen LogP contribution in [0.2, 0.25) is 0 Å². The minimum absolute atomic E-state index is 0.0313. The van der Waals surface area contributed by atoms with Crippen molar-refractivity contribution in [3.05, 3.63) is 57.8 Å². The van der Waals surface area contributed by atoms with Gasteiger partial charge in [0.15, 0.2) is 11.6 Å². The summed E-state index contributed by atoms with van der Waals surface area (Å²) in [4.78, 5) is 1.15. The Morgan fingerprint density at radius 3 is 2.69 bits per heavy atom. The molecule has 1 atom stereocenters. The fourth-order valence-corrected chi connectivity index (χ4v) is 3.00. The molecule has 1 heterocycles. The van der Waals surface area contributed by atoms with E-state index in [2.05, 4.69) is 15.9 Å². The van der Waals surface area contributed by atoms with Crippen molar-refractivity contribution < 1.29 is 8.78 Å². The van der Waals surface area contributed by atoms with Crippen molar-refractivity contribution in [3.63, 3.8) is 0 Å². The first-order valence-electron chi connectivity index (χ1n) is 4.79. The highest BCUT2D eigenvalue weighted by molar-refractivity contribution is 9.09. The van der Waals surface area contributed by atoms with E-state index in [-0.39, 0.29) is 4.83 Å². The zero-order valence-electron chi connectivity index (χ0n) is 8.29. The maximum atomic E-state index is 13.4. The molecule has 0 aliphatic carbocycles. The van der Waals surface area contributed by atoms with Gasteiger partial charge in [-0.25, -0.2) is 8.78 Å². The molecular weight excluding hydrogens is 294 g/mol. The van der Waals surface area contributed by atoms with Gasteiger partial charge in [0, 0.05) is 4.88 Å². The molecule has 0 amide bonds. The number of hydrogen-bond donors (Lipinski definition) is 0. The van der Waals surface area contributed by atoms with Gasteiger partial charge in [-0.3, -0.25) is 0 Å². The third-order valence-corrected chi connectivity index (χ3v) is 4.39. The molecule has 0 spiro atoms. The monoisotopic (exact) mass is 302 g/mol. The Morgan fingerprint density at radius 2 is 2.00 bits per heavy atom. The van der Waals surface area contributed by atoms with Crippen LogP contribution in [-0.4, -0.2) is 0 Å². The number of hydrogen-bond acceptors (Lipinski definition) is 1. The van der Waals surface area contributed by atoms with Gasteiger partial charge in [0.05, 0.1) is 4.83 Å². The van der Waals surface area contributed by atoms with Crippen LogP contribution in [0.3, 0.4) is 0 Å². The molecule has 0 aliphatic rings. The summed E-state index contributed by atoms with van der Waals surface area (Å²) in [7, 11) is 0. The predicted molar refractivity (Wildman–Crippen MR) is 66.0 cm³/mol. The zero-order chi connectivity index (χ0) is 11.5. The molecule has 0 saturated carbocycles. The molecule has 0 aliphatic heterocycles. The minimum atomic E-state index is -0.789. The van der Waals surface area contributed by atoms with E-state index in [0.29, 0.717) is 12.0 Å². The lowest BCUT2D eigenvalue weighted by Gasteiger charge is -2.08. The van der Waals surface area contributed by atoms with E-state index >= 15 is 0 Å². The summed E-state index contributed by atoms with van der Waals surface area (Å²) in [6.45, 7) is 0. The molecule has 0 saturated heterocycles. The number of alkyl halides is 1. The molecule has 0 radical (unpaired) electrons. The summed E-state index contributed by atoms with van der Waals surface area (Å²) in [6.07, 6.45) is 0.449. The van der Waals surface area contributed by atoms with Crippen LogP contribution in [0.15, 0.2) is 35.7 Å². The molecule has 1 aromatic carbocycles. The summed E-state index contributed by atoms with van der Waals surface area (Å²) in [5.74, 6) is -1.54. The lowest BCUT2D eigenvalue weighted by Crippen LogP contribution is -1.98. The number of benzene rings is 1. The van der Waals surface area contributed by atoms with E-state index in [1.807, 2.05) is 17.5 Å². The van der Waals surface area contributed by atoms with E-state index < -0.39 is 11.6 Å². The normalized spacial score (nSPS) is 12.7. The first kappa shape index (κ1) is 11.7. The van der Waals surface area contributed by atoms with E-state index in [1.165, 1.54) is 6.07 Å². The maximum absolute atomic E-state index is 13.4. The molecule has 0 fully saturated rings. The van der Waals surface area contributed by atoms with Crippen molar-refractivity contribution in [2.45, 2.75) is 11.2 Å². The molecule has 2 aromatic rings. The van der Waals surface area contributed by atoms with E-state index in [0.717, 1.165) is 10.9 Å². The van der Waals surface area contributed by atoms with Gasteiger partial charge < -0.3 is 0 Å². The molecule has 1 unspecified atom stereocenters. The van der Waals surface area contributed by atoms with Crippen molar-refractivity contribution in [2.75, 3.05) is 0 Å². The Bertz CT molecular complexity index is 468. The second-order valence-corrected chi connectivity index (χ2v) is 5.48. The average Bonchev–Trinajstić information content (AvgIpc) is 2.78. The van der Waals surface area contributed by atoms with Crippen molar-refractivity contribution in [3.8, 4) is 0 Å². The van der Waals surface area contributed by atoms with Crippen LogP contribution in [0.5, 0.6) is 0 Å². The number of halogens is 3. The summed E-state index contributed by atoms with van der Waals surface area (Å²) < 4.78 is 26.4.